The largest absolute Gasteiger partial charge is 0.465 e. The molecule has 0 amide bonds. The molecule has 4 nitrogen and oxygen atoms in total. The van der Waals surface area contributed by atoms with Crippen LogP contribution in [0.2, 0.25) is 0 Å². The molecule has 0 aliphatic heterocycles. The summed E-state index contributed by atoms with van der Waals surface area (Å²) in [5.41, 5.74) is 5.91. The van der Waals surface area contributed by atoms with Crippen molar-refractivity contribution in [3.63, 3.8) is 0 Å². The number of hydrogen-bond donors (Lipinski definition) is 1. The van der Waals surface area contributed by atoms with Gasteiger partial charge in [-0.2, -0.15) is 13.2 Å². The molecule has 0 bridgehead atoms. The number of ether oxygens (including phenoxy) is 1. The van der Waals surface area contributed by atoms with Crippen molar-refractivity contribution in [2.75, 3.05) is 12.3 Å². The zero-order valence-corrected chi connectivity index (χ0v) is 9.99. The molecule has 0 aliphatic carbocycles. The molecule has 0 spiro atoms. The molecule has 0 saturated heterocycles. The van der Waals surface area contributed by atoms with E-state index in [-0.39, 0.29) is 11.5 Å². The zero-order chi connectivity index (χ0) is 14.8. The molecule has 0 atom stereocenters. The quantitative estimate of drug-likeness (QED) is 0.882. The second-order valence-electron chi connectivity index (χ2n) is 3.86. The third-order valence-corrected chi connectivity index (χ3v) is 2.26. The third-order valence-electron chi connectivity index (χ3n) is 2.26. The molecule has 2 N–H and O–H groups in total. The molecule has 106 valence electrons. The van der Waals surface area contributed by atoms with E-state index < -0.39 is 24.5 Å². The van der Waals surface area contributed by atoms with Crippen molar-refractivity contribution >= 4 is 5.82 Å². The third kappa shape index (κ3) is 3.56. The Kier molecular flexibility index (Phi) is 3.73. The maximum Gasteiger partial charge on any atom is 0.422 e. The average Bonchev–Trinajstić information content (AvgIpc) is 2.37. The summed E-state index contributed by atoms with van der Waals surface area (Å²) in [6.07, 6.45) is -3.28. The van der Waals surface area contributed by atoms with Gasteiger partial charge in [-0.3, -0.25) is 0 Å². The molecule has 1 aromatic heterocycles. The number of nitrogens with zero attached hydrogens (tertiary/aromatic N) is 2. The Balaban J connectivity index is 2.29. The Bertz CT molecular complexity index is 616. The van der Waals surface area contributed by atoms with Crippen molar-refractivity contribution in [3.8, 4) is 17.1 Å². The first-order valence-electron chi connectivity index (χ1n) is 5.43. The monoisotopic (exact) mass is 287 g/mol. The highest BCUT2D eigenvalue weighted by atomic mass is 19.4. The van der Waals surface area contributed by atoms with Crippen LogP contribution in [0.25, 0.3) is 11.3 Å². The predicted molar refractivity (Wildman–Crippen MR) is 63.4 cm³/mol. The van der Waals surface area contributed by atoms with Gasteiger partial charge < -0.3 is 10.5 Å². The van der Waals surface area contributed by atoms with Gasteiger partial charge in [0, 0.05) is 5.56 Å². The molecule has 1 aromatic carbocycles. The minimum atomic E-state index is -4.51. The molecule has 0 radical (unpaired) electrons. The van der Waals surface area contributed by atoms with E-state index >= 15 is 0 Å². The van der Waals surface area contributed by atoms with Crippen molar-refractivity contribution in [1.29, 1.82) is 0 Å². The second-order valence-corrected chi connectivity index (χ2v) is 3.86. The minimum Gasteiger partial charge on any atom is -0.465 e. The van der Waals surface area contributed by atoms with Crippen LogP contribution in [0.1, 0.15) is 0 Å². The van der Waals surface area contributed by atoms with Crippen LogP contribution < -0.4 is 10.5 Å². The van der Waals surface area contributed by atoms with Gasteiger partial charge in [0.25, 0.3) is 5.88 Å². The van der Waals surface area contributed by atoms with E-state index in [0.29, 0.717) is 5.56 Å². The first-order chi connectivity index (χ1) is 9.35. The van der Waals surface area contributed by atoms with Crippen LogP contribution in [0.15, 0.2) is 30.5 Å². The van der Waals surface area contributed by atoms with Crippen LogP contribution >= 0.6 is 0 Å². The highest BCUT2D eigenvalue weighted by Gasteiger charge is 2.29. The van der Waals surface area contributed by atoms with Gasteiger partial charge in [-0.1, -0.05) is 12.1 Å². The number of benzene rings is 1. The summed E-state index contributed by atoms with van der Waals surface area (Å²) in [4.78, 5) is 7.50. The van der Waals surface area contributed by atoms with Crippen LogP contribution in [0.4, 0.5) is 23.4 Å². The number of hydrogen-bond acceptors (Lipinski definition) is 4. The van der Waals surface area contributed by atoms with E-state index in [4.69, 9.17) is 5.73 Å². The Morgan fingerprint density at radius 3 is 2.65 bits per heavy atom. The first-order valence-corrected chi connectivity index (χ1v) is 5.43. The number of aromatic nitrogens is 2. The lowest BCUT2D eigenvalue weighted by atomic mass is 10.1. The van der Waals surface area contributed by atoms with Gasteiger partial charge in [-0.15, -0.1) is 0 Å². The van der Waals surface area contributed by atoms with E-state index in [9.17, 15) is 17.6 Å². The summed E-state index contributed by atoms with van der Waals surface area (Å²) in [5.74, 6) is -1.21. The van der Waals surface area contributed by atoms with Crippen LogP contribution in [-0.2, 0) is 0 Å². The SMILES string of the molecule is Nc1ncc(-c2cccc(F)c2)nc1OCC(F)(F)F. The number of nitrogen functional groups attached to an aromatic ring is 1. The molecule has 0 fully saturated rings. The van der Waals surface area contributed by atoms with Gasteiger partial charge in [0.05, 0.1) is 11.9 Å². The zero-order valence-electron chi connectivity index (χ0n) is 9.99. The number of anilines is 1. The van der Waals surface area contributed by atoms with Gasteiger partial charge >= 0.3 is 6.18 Å². The smallest absolute Gasteiger partial charge is 0.422 e. The van der Waals surface area contributed by atoms with Crippen molar-refractivity contribution in [2.24, 2.45) is 0 Å². The van der Waals surface area contributed by atoms with Gasteiger partial charge in [0.2, 0.25) is 0 Å². The molecule has 0 unspecified atom stereocenters. The molecule has 2 aromatic rings. The highest BCUT2D eigenvalue weighted by Crippen LogP contribution is 2.25. The topological polar surface area (TPSA) is 61.0 Å². The van der Waals surface area contributed by atoms with Gasteiger partial charge in [0.15, 0.2) is 12.4 Å². The van der Waals surface area contributed by atoms with Crippen molar-refractivity contribution in [1.82, 2.24) is 9.97 Å². The normalized spacial score (nSPS) is 11.4. The lowest BCUT2D eigenvalue weighted by Gasteiger charge is -2.10. The summed E-state index contributed by atoms with van der Waals surface area (Å²) in [7, 11) is 0. The molecular formula is C12H9F4N3O. The number of halogens is 4. The predicted octanol–water partition coefficient (Wildman–Crippen LogP) is 2.81. The Morgan fingerprint density at radius 2 is 2.00 bits per heavy atom. The molecular weight excluding hydrogens is 278 g/mol. The number of alkyl halides is 3. The Labute approximate surface area is 111 Å². The summed E-state index contributed by atoms with van der Waals surface area (Å²) in [5, 5.41) is 0. The molecule has 2 rings (SSSR count). The summed E-state index contributed by atoms with van der Waals surface area (Å²) >= 11 is 0. The first kappa shape index (κ1) is 14.0. The van der Waals surface area contributed by atoms with Crippen molar-refractivity contribution < 1.29 is 22.3 Å². The molecule has 0 aliphatic rings. The second kappa shape index (κ2) is 5.32. The van der Waals surface area contributed by atoms with Crippen LogP contribution in [0, 0.1) is 5.82 Å². The van der Waals surface area contributed by atoms with Gasteiger partial charge in [0.1, 0.15) is 5.82 Å². The van der Waals surface area contributed by atoms with E-state index in [1.165, 1.54) is 30.5 Å². The Morgan fingerprint density at radius 1 is 1.25 bits per heavy atom. The van der Waals surface area contributed by atoms with Crippen LogP contribution in [0.5, 0.6) is 5.88 Å². The molecule has 1 heterocycles. The van der Waals surface area contributed by atoms with E-state index in [1.54, 1.807) is 0 Å². The summed E-state index contributed by atoms with van der Waals surface area (Å²) in [6.45, 7) is -1.53. The van der Waals surface area contributed by atoms with Gasteiger partial charge in [-0.25, -0.2) is 14.4 Å². The van der Waals surface area contributed by atoms with Crippen LogP contribution in [-0.4, -0.2) is 22.8 Å². The standard InChI is InChI=1S/C12H9F4N3O/c13-8-3-1-2-7(4-8)9-5-18-10(17)11(19-9)20-6-12(14,15)16/h1-5H,6H2,(H2,17,18). The maximum atomic E-state index is 13.1. The van der Waals surface area contributed by atoms with Crippen molar-refractivity contribution in [3.05, 3.63) is 36.3 Å². The Hall–Kier alpha value is -2.38. The lowest BCUT2D eigenvalue weighted by molar-refractivity contribution is -0.153. The minimum absolute atomic E-state index is 0.163. The van der Waals surface area contributed by atoms with Gasteiger partial charge in [-0.05, 0) is 12.1 Å². The van der Waals surface area contributed by atoms with E-state index in [1.807, 2.05) is 0 Å². The van der Waals surface area contributed by atoms with E-state index in [0.717, 1.165) is 0 Å². The summed E-state index contributed by atoms with van der Waals surface area (Å²) in [6, 6.07) is 5.39. The van der Waals surface area contributed by atoms with Crippen molar-refractivity contribution in [2.45, 2.75) is 6.18 Å². The summed E-state index contributed by atoms with van der Waals surface area (Å²) < 4.78 is 53.8. The van der Waals surface area contributed by atoms with E-state index in [2.05, 4.69) is 14.7 Å². The average molecular weight is 287 g/mol. The fourth-order valence-electron chi connectivity index (χ4n) is 1.42. The highest BCUT2D eigenvalue weighted by molar-refractivity contribution is 5.60. The fourth-order valence-corrected chi connectivity index (χ4v) is 1.42. The molecule has 20 heavy (non-hydrogen) atoms. The molecule has 8 heteroatoms. The maximum absolute atomic E-state index is 13.1. The fraction of sp³-hybridized carbons (Fsp3) is 0.167. The number of rotatable bonds is 3. The van der Waals surface area contributed by atoms with Crippen LogP contribution in [0.3, 0.4) is 0 Å². The lowest BCUT2D eigenvalue weighted by Crippen LogP contribution is -2.20. The number of nitrogens with two attached hydrogens (primary N) is 1. The molecule has 0 saturated carbocycles.